The fourth-order valence-corrected chi connectivity index (χ4v) is 3.12. The first-order valence-corrected chi connectivity index (χ1v) is 9.47. The Labute approximate surface area is 148 Å². The Bertz CT molecular complexity index is 1110. The van der Waals surface area contributed by atoms with Crippen LogP contribution in [0.15, 0.2) is 59.5 Å². The summed E-state index contributed by atoms with van der Waals surface area (Å²) in [4.78, 5) is 0.0231. The summed E-state index contributed by atoms with van der Waals surface area (Å²) in [5.74, 6) is 0.00883. The molecule has 0 fully saturated rings. The minimum atomic E-state index is -3.78. The monoisotopic (exact) mass is 375 g/mol. The lowest BCUT2D eigenvalue weighted by atomic mass is 10.1. The second kappa shape index (κ2) is 6.71. The number of nitriles is 1. The van der Waals surface area contributed by atoms with Gasteiger partial charge in [0.1, 0.15) is 18.2 Å². The number of hydrogen-bond donors (Lipinski definition) is 0. The van der Waals surface area contributed by atoms with Gasteiger partial charge < -0.3 is 4.74 Å². The second-order valence-electron chi connectivity index (χ2n) is 5.32. The van der Waals surface area contributed by atoms with Crippen LogP contribution in [0, 0.1) is 17.1 Å². The summed E-state index contributed by atoms with van der Waals surface area (Å²) in [6, 6.07) is 15.7. The molecule has 0 unspecified atom stereocenters. The van der Waals surface area contributed by atoms with Gasteiger partial charge in [-0.05, 0) is 47.2 Å². The standard InChI is InChI=1S/C18H11ClFNO3S/c19-25(22,23)17-6-4-13-8-16(5-3-14(13)9-17)24-11-15-2-1-12(10-21)7-18(15)20/h1-9H,11H2. The molecule has 0 aliphatic rings. The lowest BCUT2D eigenvalue weighted by Gasteiger charge is -2.09. The maximum absolute atomic E-state index is 13.8. The molecular weight excluding hydrogens is 365 g/mol. The molecule has 0 atom stereocenters. The van der Waals surface area contributed by atoms with Crippen molar-refractivity contribution < 1.29 is 17.5 Å². The topological polar surface area (TPSA) is 67.2 Å². The van der Waals surface area contributed by atoms with Crippen molar-refractivity contribution in [2.75, 3.05) is 0 Å². The maximum atomic E-state index is 13.8. The molecule has 7 heteroatoms. The van der Waals surface area contributed by atoms with Crippen molar-refractivity contribution in [2.45, 2.75) is 11.5 Å². The summed E-state index contributed by atoms with van der Waals surface area (Å²) in [6.07, 6.45) is 0. The molecular formula is C18H11ClFNO3S. The predicted molar refractivity (Wildman–Crippen MR) is 92.4 cm³/mol. The highest BCUT2D eigenvalue weighted by Crippen LogP contribution is 2.26. The van der Waals surface area contributed by atoms with Gasteiger partial charge in [-0.25, -0.2) is 12.8 Å². The first kappa shape index (κ1) is 17.2. The average molecular weight is 376 g/mol. The SMILES string of the molecule is N#Cc1ccc(COc2ccc3cc(S(=O)(=O)Cl)ccc3c2)c(F)c1. The van der Waals surface area contributed by atoms with E-state index in [1.165, 1.54) is 24.3 Å². The van der Waals surface area contributed by atoms with E-state index >= 15 is 0 Å². The summed E-state index contributed by atoms with van der Waals surface area (Å²) >= 11 is 0. The predicted octanol–water partition coefficient (Wildman–Crippen LogP) is 4.36. The van der Waals surface area contributed by atoms with Crippen molar-refractivity contribution in [3.8, 4) is 11.8 Å². The Kier molecular flexibility index (Phi) is 4.62. The number of halogens is 2. The fraction of sp³-hybridized carbons (Fsp3) is 0.0556. The maximum Gasteiger partial charge on any atom is 0.261 e. The summed E-state index contributed by atoms with van der Waals surface area (Å²) in [5, 5.41) is 10.2. The first-order chi connectivity index (χ1) is 11.9. The van der Waals surface area contributed by atoms with Crippen LogP contribution in [0.25, 0.3) is 10.8 Å². The van der Waals surface area contributed by atoms with E-state index in [4.69, 9.17) is 20.7 Å². The summed E-state index contributed by atoms with van der Waals surface area (Å²) in [6.45, 7) is 0.0111. The molecule has 0 saturated heterocycles. The van der Waals surface area contributed by atoms with Crippen LogP contribution >= 0.6 is 10.7 Å². The highest BCUT2D eigenvalue weighted by atomic mass is 35.7. The van der Waals surface area contributed by atoms with Gasteiger partial charge in [-0.1, -0.05) is 18.2 Å². The molecule has 3 aromatic rings. The third-order valence-electron chi connectivity index (χ3n) is 3.64. The molecule has 25 heavy (non-hydrogen) atoms. The van der Waals surface area contributed by atoms with E-state index in [0.717, 1.165) is 11.5 Å². The molecule has 0 amide bonds. The molecule has 0 N–H and O–H groups in total. The zero-order valence-electron chi connectivity index (χ0n) is 12.7. The minimum Gasteiger partial charge on any atom is -0.489 e. The largest absolute Gasteiger partial charge is 0.489 e. The zero-order valence-corrected chi connectivity index (χ0v) is 14.3. The summed E-state index contributed by atoms with van der Waals surface area (Å²) in [7, 11) is 1.55. The quantitative estimate of drug-likeness (QED) is 0.635. The smallest absolute Gasteiger partial charge is 0.261 e. The van der Waals surface area contributed by atoms with E-state index in [0.29, 0.717) is 16.7 Å². The van der Waals surface area contributed by atoms with E-state index < -0.39 is 14.9 Å². The van der Waals surface area contributed by atoms with Crippen molar-refractivity contribution in [2.24, 2.45) is 0 Å². The van der Waals surface area contributed by atoms with Crippen molar-refractivity contribution in [1.29, 1.82) is 5.26 Å². The first-order valence-electron chi connectivity index (χ1n) is 7.16. The molecule has 0 spiro atoms. The van der Waals surface area contributed by atoms with Gasteiger partial charge in [-0.15, -0.1) is 0 Å². The number of ether oxygens (including phenoxy) is 1. The Hall–Kier alpha value is -2.62. The van der Waals surface area contributed by atoms with Gasteiger partial charge in [-0.3, -0.25) is 0 Å². The van der Waals surface area contributed by atoms with Crippen LogP contribution < -0.4 is 4.74 Å². The molecule has 126 valence electrons. The van der Waals surface area contributed by atoms with Crippen LogP contribution in [0.4, 0.5) is 4.39 Å². The van der Waals surface area contributed by atoms with Gasteiger partial charge in [-0.2, -0.15) is 5.26 Å². The average Bonchev–Trinajstić information content (AvgIpc) is 2.59. The van der Waals surface area contributed by atoms with Crippen LogP contribution in [0.2, 0.25) is 0 Å². The van der Waals surface area contributed by atoms with Gasteiger partial charge in [0.05, 0.1) is 16.5 Å². The Morgan fingerprint density at radius 3 is 2.44 bits per heavy atom. The number of benzene rings is 3. The van der Waals surface area contributed by atoms with Gasteiger partial charge in [0.15, 0.2) is 0 Å². The van der Waals surface area contributed by atoms with Crippen LogP contribution in [0.5, 0.6) is 5.75 Å². The lowest BCUT2D eigenvalue weighted by molar-refractivity contribution is 0.300. The van der Waals surface area contributed by atoms with Gasteiger partial charge >= 0.3 is 0 Å². The second-order valence-corrected chi connectivity index (χ2v) is 7.88. The van der Waals surface area contributed by atoms with E-state index in [1.54, 1.807) is 24.3 Å². The molecule has 4 nitrogen and oxygen atoms in total. The van der Waals surface area contributed by atoms with Gasteiger partial charge in [0.25, 0.3) is 9.05 Å². The molecule has 0 radical (unpaired) electrons. The van der Waals surface area contributed by atoms with Crippen molar-refractivity contribution in [1.82, 2.24) is 0 Å². The molecule has 0 aliphatic heterocycles. The molecule has 0 saturated carbocycles. The molecule has 0 heterocycles. The van der Waals surface area contributed by atoms with Crippen LogP contribution in [0.1, 0.15) is 11.1 Å². The summed E-state index contributed by atoms with van der Waals surface area (Å²) < 4.78 is 42.2. The molecule has 0 bridgehead atoms. The number of hydrogen-bond acceptors (Lipinski definition) is 4. The molecule has 0 aliphatic carbocycles. The third kappa shape index (κ3) is 3.90. The van der Waals surface area contributed by atoms with Crippen LogP contribution in [-0.2, 0) is 15.7 Å². The number of rotatable bonds is 4. The van der Waals surface area contributed by atoms with E-state index in [-0.39, 0.29) is 17.1 Å². The summed E-state index contributed by atoms with van der Waals surface area (Å²) in [5.41, 5.74) is 0.583. The van der Waals surface area contributed by atoms with Crippen LogP contribution in [0.3, 0.4) is 0 Å². The zero-order chi connectivity index (χ0) is 18.0. The van der Waals surface area contributed by atoms with Crippen LogP contribution in [-0.4, -0.2) is 8.42 Å². The number of fused-ring (bicyclic) bond motifs is 1. The Morgan fingerprint density at radius 1 is 1.04 bits per heavy atom. The highest BCUT2D eigenvalue weighted by Gasteiger charge is 2.11. The molecule has 3 rings (SSSR count). The Balaban J connectivity index is 1.82. The van der Waals surface area contributed by atoms with Crippen molar-refractivity contribution in [3.63, 3.8) is 0 Å². The van der Waals surface area contributed by atoms with E-state index in [2.05, 4.69) is 0 Å². The minimum absolute atomic E-state index is 0.0111. The van der Waals surface area contributed by atoms with Gasteiger partial charge in [0, 0.05) is 16.2 Å². The number of nitrogens with zero attached hydrogens (tertiary/aromatic N) is 1. The van der Waals surface area contributed by atoms with E-state index in [1.807, 2.05) is 6.07 Å². The lowest BCUT2D eigenvalue weighted by Crippen LogP contribution is -1.99. The molecule has 3 aromatic carbocycles. The Morgan fingerprint density at radius 2 is 1.76 bits per heavy atom. The highest BCUT2D eigenvalue weighted by molar-refractivity contribution is 8.13. The molecule has 0 aromatic heterocycles. The van der Waals surface area contributed by atoms with Gasteiger partial charge in [0.2, 0.25) is 0 Å². The van der Waals surface area contributed by atoms with E-state index in [9.17, 15) is 12.8 Å². The van der Waals surface area contributed by atoms with Crippen molar-refractivity contribution in [3.05, 3.63) is 71.5 Å². The normalized spacial score (nSPS) is 11.2. The van der Waals surface area contributed by atoms with Crippen molar-refractivity contribution >= 4 is 30.5 Å². The fourth-order valence-electron chi connectivity index (χ4n) is 2.34. The third-order valence-corrected chi connectivity index (χ3v) is 4.99.